The maximum atomic E-state index is 3.44. The van der Waals surface area contributed by atoms with E-state index in [4.69, 9.17) is 0 Å². The van der Waals surface area contributed by atoms with E-state index in [0.29, 0.717) is 6.04 Å². The van der Waals surface area contributed by atoms with Gasteiger partial charge in [-0.2, -0.15) is 0 Å². The van der Waals surface area contributed by atoms with Crippen LogP contribution in [0.5, 0.6) is 0 Å². The molecule has 0 unspecified atom stereocenters. The highest BCUT2D eigenvalue weighted by Crippen LogP contribution is 2.31. The fourth-order valence-electron chi connectivity index (χ4n) is 3.67. The van der Waals surface area contributed by atoms with Crippen LogP contribution in [-0.4, -0.2) is 37.1 Å². The summed E-state index contributed by atoms with van der Waals surface area (Å²) in [7, 11) is 0. The molecule has 2 heteroatoms. The third-order valence-electron chi connectivity index (χ3n) is 5.18. The van der Waals surface area contributed by atoms with Gasteiger partial charge in [0.1, 0.15) is 0 Å². The summed E-state index contributed by atoms with van der Waals surface area (Å²) in [5.74, 6) is 2.98. The third kappa shape index (κ3) is 13.2. The molecule has 2 nitrogen and oxygen atoms in total. The molecule has 0 amide bonds. The summed E-state index contributed by atoms with van der Waals surface area (Å²) < 4.78 is 0. The normalized spacial score (nSPS) is 21.2. The highest BCUT2D eigenvalue weighted by Gasteiger charge is 2.18. The van der Waals surface area contributed by atoms with E-state index in [0.717, 1.165) is 30.8 Å². The van der Waals surface area contributed by atoms with E-state index < -0.39 is 0 Å². The van der Waals surface area contributed by atoms with Crippen molar-refractivity contribution in [3.05, 3.63) is 0 Å². The maximum Gasteiger partial charge on any atom is 0.0110 e. The highest BCUT2D eigenvalue weighted by molar-refractivity contribution is 4.70. The van der Waals surface area contributed by atoms with Gasteiger partial charge in [-0.25, -0.2) is 0 Å². The zero-order valence-corrected chi connectivity index (χ0v) is 18.0. The first-order chi connectivity index (χ1) is 11.4. The predicted molar refractivity (Wildman–Crippen MR) is 111 cm³/mol. The summed E-state index contributed by atoms with van der Waals surface area (Å²) in [6.07, 6.45) is 9.92. The standard InChI is InChI=1S/C11H26N2.C11H22/c1-5-7-12-8-10-13(9-6-2)11(3)4;1-9(2)8-11-6-4-10(3)5-7-11/h11-12H,5-10H2,1-4H3;9-11H,4-8H2,1-3H3. The summed E-state index contributed by atoms with van der Waals surface area (Å²) in [4.78, 5) is 2.53. The molecule has 1 N–H and O–H groups in total. The molecule has 24 heavy (non-hydrogen) atoms. The first kappa shape index (κ1) is 23.9. The van der Waals surface area contributed by atoms with Gasteiger partial charge in [0.15, 0.2) is 0 Å². The summed E-state index contributed by atoms with van der Waals surface area (Å²) in [6, 6.07) is 0.684. The molecule has 0 aromatic heterocycles. The fourth-order valence-corrected chi connectivity index (χ4v) is 3.67. The Bertz CT molecular complexity index is 255. The van der Waals surface area contributed by atoms with Crippen LogP contribution in [0, 0.1) is 17.8 Å². The van der Waals surface area contributed by atoms with Gasteiger partial charge in [0.05, 0.1) is 0 Å². The SMILES string of the molecule is CC(C)CC1CCC(C)CC1.CCCNCCN(CCC)C(C)C. The molecule has 146 valence electrons. The first-order valence-corrected chi connectivity index (χ1v) is 10.8. The van der Waals surface area contributed by atoms with Gasteiger partial charge in [0.25, 0.3) is 0 Å². The van der Waals surface area contributed by atoms with Crippen molar-refractivity contribution in [2.45, 2.75) is 99.5 Å². The average Bonchev–Trinajstić information content (AvgIpc) is 2.52. The molecule has 1 aliphatic carbocycles. The van der Waals surface area contributed by atoms with Crippen molar-refractivity contribution in [2.24, 2.45) is 17.8 Å². The van der Waals surface area contributed by atoms with E-state index >= 15 is 0 Å². The van der Waals surface area contributed by atoms with Crippen LogP contribution in [0.3, 0.4) is 0 Å². The summed E-state index contributed by atoms with van der Waals surface area (Å²) in [5, 5.41) is 3.44. The fraction of sp³-hybridized carbons (Fsp3) is 1.00. The summed E-state index contributed by atoms with van der Waals surface area (Å²) in [5.41, 5.74) is 0. The van der Waals surface area contributed by atoms with Crippen molar-refractivity contribution < 1.29 is 0 Å². The molecule has 0 bridgehead atoms. The molecule has 0 saturated heterocycles. The van der Waals surface area contributed by atoms with Gasteiger partial charge in [0.2, 0.25) is 0 Å². The molecule has 1 rings (SSSR count). The van der Waals surface area contributed by atoms with Crippen LogP contribution in [0.15, 0.2) is 0 Å². The monoisotopic (exact) mass is 340 g/mol. The summed E-state index contributed by atoms with van der Waals surface area (Å²) >= 11 is 0. The van der Waals surface area contributed by atoms with Crippen LogP contribution >= 0.6 is 0 Å². The van der Waals surface area contributed by atoms with Crippen LogP contribution in [0.25, 0.3) is 0 Å². The lowest BCUT2D eigenvalue weighted by Gasteiger charge is -2.27. The molecular formula is C22H48N2. The van der Waals surface area contributed by atoms with E-state index in [2.05, 4.69) is 58.7 Å². The molecule has 0 aromatic rings. The number of nitrogens with one attached hydrogen (secondary N) is 1. The van der Waals surface area contributed by atoms with Crippen LogP contribution in [0.1, 0.15) is 93.4 Å². The average molecular weight is 341 g/mol. The van der Waals surface area contributed by atoms with E-state index in [1.807, 2.05) is 0 Å². The van der Waals surface area contributed by atoms with Gasteiger partial charge in [-0.05, 0) is 64.0 Å². The summed E-state index contributed by atoms with van der Waals surface area (Å²) in [6.45, 7) is 20.8. The van der Waals surface area contributed by atoms with E-state index in [9.17, 15) is 0 Å². The Morgan fingerprint density at radius 2 is 1.50 bits per heavy atom. The molecule has 0 spiro atoms. The Balaban J connectivity index is 0.000000446. The lowest BCUT2D eigenvalue weighted by atomic mass is 9.79. The third-order valence-corrected chi connectivity index (χ3v) is 5.18. The largest absolute Gasteiger partial charge is 0.315 e. The molecule has 1 aliphatic rings. The quantitative estimate of drug-likeness (QED) is 0.493. The van der Waals surface area contributed by atoms with Crippen molar-refractivity contribution in [1.82, 2.24) is 10.2 Å². The Morgan fingerprint density at radius 3 is 1.96 bits per heavy atom. The second-order valence-electron chi connectivity index (χ2n) is 8.64. The van der Waals surface area contributed by atoms with Gasteiger partial charge in [-0.3, -0.25) is 4.90 Å². The van der Waals surface area contributed by atoms with Gasteiger partial charge in [0, 0.05) is 19.1 Å². The molecule has 0 aromatic carbocycles. The van der Waals surface area contributed by atoms with Gasteiger partial charge >= 0.3 is 0 Å². The second kappa shape index (κ2) is 15.2. The van der Waals surface area contributed by atoms with Gasteiger partial charge in [-0.15, -0.1) is 0 Å². The van der Waals surface area contributed by atoms with E-state index in [1.54, 1.807) is 0 Å². The van der Waals surface area contributed by atoms with Crippen molar-refractivity contribution >= 4 is 0 Å². The van der Waals surface area contributed by atoms with Crippen LogP contribution in [-0.2, 0) is 0 Å². The number of rotatable bonds is 10. The van der Waals surface area contributed by atoms with E-state index in [-0.39, 0.29) is 0 Å². The Morgan fingerprint density at radius 1 is 0.875 bits per heavy atom. The van der Waals surface area contributed by atoms with Crippen LogP contribution in [0.4, 0.5) is 0 Å². The van der Waals surface area contributed by atoms with Crippen LogP contribution in [0.2, 0.25) is 0 Å². The number of hydrogen-bond donors (Lipinski definition) is 1. The lowest BCUT2D eigenvalue weighted by Crippen LogP contribution is -2.37. The molecule has 0 heterocycles. The van der Waals surface area contributed by atoms with Crippen LogP contribution < -0.4 is 5.32 Å². The van der Waals surface area contributed by atoms with E-state index in [1.165, 1.54) is 58.0 Å². The van der Waals surface area contributed by atoms with Crippen molar-refractivity contribution in [3.8, 4) is 0 Å². The van der Waals surface area contributed by atoms with Crippen molar-refractivity contribution in [1.29, 1.82) is 0 Å². The van der Waals surface area contributed by atoms with Gasteiger partial charge in [-0.1, -0.05) is 60.3 Å². The molecular weight excluding hydrogens is 292 g/mol. The topological polar surface area (TPSA) is 15.3 Å². The molecule has 0 aliphatic heterocycles. The Kier molecular flexibility index (Phi) is 15.1. The Labute approximate surface area is 154 Å². The minimum Gasteiger partial charge on any atom is -0.315 e. The van der Waals surface area contributed by atoms with Crippen molar-refractivity contribution in [3.63, 3.8) is 0 Å². The van der Waals surface area contributed by atoms with Crippen molar-refractivity contribution in [2.75, 3.05) is 26.2 Å². The number of hydrogen-bond acceptors (Lipinski definition) is 2. The minimum absolute atomic E-state index is 0.684. The molecule has 1 fully saturated rings. The molecule has 1 saturated carbocycles. The zero-order valence-electron chi connectivity index (χ0n) is 18.0. The highest BCUT2D eigenvalue weighted by atomic mass is 15.2. The second-order valence-corrected chi connectivity index (χ2v) is 8.64. The lowest BCUT2D eigenvalue weighted by molar-refractivity contribution is 0.222. The first-order valence-electron chi connectivity index (χ1n) is 10.8. The molecule has 0 radical (unpaired) electrons. The molecule has 0 atom stereocenters. The van der Waals surface area contributed by atoms with Gasteiger partial charge < -0.3 is 5.32 Å². The zero-order chi connectivity index (χ0) is 18.4. The maximum absolute atomic E-state index is 3.44. The smallest absolute Gasteiger partial charge is 0.0110 e. The Hall–Kier alpha value is -0.0800. The number of nitrogens with zero attached hydrogens (tertiary/aromatic N) is 1. The minimum atomic E-state index is 0.684. The predicted octanol–water partition coefficient (Wildman–Crippen LogP) is 5.97.